The van der Waals surface area contributed by atoms with Crippen molar-refractivity contribution in [2.75, 3.05) is 6.61 Å². The predicted molar refractivity (Wildman–Crippen MR) is 102 cm³/mol. The number of carbonyl (C=O) groups excluding carboxylic acids is 2. The van der Waals surface area contributed by atoms with E-state index in [0.29, 0.717) is 5.57 Å². The predicted octanol–water partition coefficient (Wildman–Crippen LogP) is 4.06. The molecule has 1 amide bonds. The van der Waals surface area contributed by atoms with Gasteiger partial charge >= 0.3 is 5.97 Å². The molecule has 132 valence electrons. The normalized spacial score (nSPS) is 12.5. The monoisotopic (exact) mass is 357 g/mol. The zero-order chi connectivity index (χ0) is 18.2. The average Bonchev–Trinajstić information content (AvgIpc) is 3.11. The fourth-order valence-electron chi connectivity index (χ4n) is 2.22. The number of benzene rings is 1. The SMILES string of the molecule is CC[C@H](C)NC(=O)COC(=O)/C(=C/c1cccc(C)c1)c1cccs1. The molecule has 4 nitrogen and oxygen atoms in total. The first-order chi connectivity index (χ1) is 12.0. The van der Waals surface area contributed by atoms with Crippen LogP contribution in [0.5, 0.6) is 0 Å². The van der Waals surface area contributed by atoms with Crippen LogP contribution in [0.4, 0.5) is 0 Å². The Hall–Kier alpha value is -2.40. The summed E-state index contributed by atoms with van der Waals surface area (Å²) in [5.41, 5.74) is 2.49. The van der Waals surface area contributed by atoms with Crippen LogP contribution in [0.3, 0.4) is 0 Å². The van der Waals surface area contributed by atoms with Crippen LogP contribution in [-0.4, -0.2) is 24.5 Å². The van der Waals surface area contributed by atoms with Gasteiger partial charge in [-0.2, -0.15) is 0 Å². The van der Waals surface area contributed by atoms with Crippen LogP contribution in [0.1, 0.15) is 36.3 Å². The summed E-state index contributed by atoms with van der Waals surface area (Å²) in [7, 11) is 0. The number of rotatable bonds is 7. The fraction of sp³-hybridized carbons (Fsp3) is 0.300. The zero-order valence-electron chi connectivity index (χ0n) is 14.7. The molecule has 0 unspecified atom stereocenters. The number of aryl methyl sites for hydroxylation is 1. The van der Waals surface area contributed by atoms with Crippen molar-refractivity contribution in [2.45, 2.75) is 33.2 Å². The van der Waals surface area contributed by atoms with Crippen molar-refractivity contribution >= 4 is 34.9 Å². The minimum atomic E-state index is -0.497. The third-order valence-corrected chi connectivity index (χ3v) is 4.62. The summed E-state index contributed by atoms with van der Waals surface area (Å²) in [6, 6.07) is 11.7. The van der Waals surface area contributed by atoms with Crippen molar-refractivity contribution in [3.8, 4) is 0 Å². The summed E-state index contributed by atoms with van der Waals surface area (Å²) >= 11 is 1.46. The van der Waals surface area contributed by atoms with Crippen molar-refractivity contribution in [2.24, 2.45) is 0 Å². The van der Waals surface area contributed by atoms with Crippen LogP contribution in [-0.2, 0) is 14.3 Å². The Morgan fingerprint density at radius 1 is 1.28 bits per heavy atom. The number of carbonyl (C=O) groups is 2. The lowest BCUT2D eigenvalue weighted by atomic mass is 10.1. The lowest BCUT2D eigenvalue weighted by molar-refractivity contribution is -0.143. The highest BCUT2D eigenvalue weighted by molar-refractivity contribution is 7.11. The number of nitrogens with one attached hydrogen (secondary N) is 1. The lowest BCUT2D eigenvalue weighted by Gasteiger charge is -2.12. The van der Waals surface area contributed by atoms with Crippen molar-refractivity contribution in [1.29, 1.82) is 0 Å². The molecule has 1 N–H and O–H groups in total. The lowest BCUT2D eigenvalue weighted by Crippen LogP contribution is -2.35. The second-order valence-corrected chi connectivity index (χ2v) is 6.85. The molecule has 0 aliphatic rings. The number of amides is 1. The average molecular weight is 357 g/mol. The van der Waals surface area contributed by atoms with Gasteiger partial charge in [0.2, 0.25) is 0 Å². The summed E-state index contributed by atoms with van der Waals surface area (Å²) in [5.74, 6) is -0.785. The highest BCUT2D eigenvalue weighted by atomic mass is 32.1. The van der Waals surface area contributed by atoms with E-state index >= 15 is 0 Å². The summed E-state index contributed by atoms with van der Waals surface area (Å²) in [6.07, 6.45) is 2.63. The Bertz CT molecular complexity index is 750. The Morgan fingerprint density at radius 3 is 2.72 bits per heavy atom. The highest BCUT2D eigenvalue weighted by Crippen LogP contribution is 2.24. The molecule has 1 atom stereocenters. The van der Waals surface area contributed by atoms with Gasteiger partial charge in [-0.05, 0) is 43.4 Å². The van der Waals surface area contributed by atoms with Crippen LogP contribution in [0, 0.1) is 6.92 Å². The molecule has 0 spiro atoms. The van der Waals surface area contributed by atoms with Crippen LogP contribution >= 0.6 is 11.3 Å². The maximum atomic E-state index is 12.5. The van der Waals surface area contributed by atoms with Gasteiger partial charge in [0.25, 0.3) is 5.91 Å². The van der Waals surface area contributed by atoms with E-state index in [1.54, 1.807) is 6.08 Å². The first-order valence-electron chi connectivity index (χ1n) is 8.28. The number of hydrogen-bond donors (Lipinski definition) is 1. The molecular weight excluding hydrogens is 334 g/mol. The number of thiophene rings is 1. The van der Waals surface area contributed by atoms with Gasteiger partial charge in [0.15, 0.2) is 6.61 Å². The summed E-state index contributed by atoms with van der Waals surface area (Å²) in [4.78, 5) is 25.2. The summed E-state index contributed by atoms with van der Waals surface area (Å²) in [6.45, 7) is 5.62. The van der Waals surface area contributed by atoms with Gasteiger partial charge in [-0.3, -0.25) is 4.79 Å². The van der Waals surface area contributed by atoms with Crippen LogP contribution < -0.4 is 5.32 Å². The van der Waals surface area contributed by atoms with E-state index in [9.17, 15) is 9.59 Å². The van der Waals surface area contributed by atoms with Crippen LogP contribution in [0.2, 0.25) is 0 Å². The molecule has 1 aromatic heterocycles. The second kappa shape index (κ2) is 9.18. The van der Waals surface area contributed by atoms with Crippen molar-refractivity contribution in [3.63, 3.8) is 0 Å². The third-order valence-electron chi connectivity index (χ3n) is 3.71. The molecule has 5 heteroatoms. The molecule has 1 aromatic carbocycles. The minimum Gasteiger partial charge on any atom is -0.452 e. The van der Waals surface area contributed by atoms with E-state index in [0.717, 1.165) is 22.4 Å². The van der Waals surface area contributed by atoms with Crippen molar-refractivity contribution in [3.05, 3.63) is 57.8 Å². The highest BCUT2D eigenvalue weighted by Gasteiger charge is 2.17. The van der Waals surface area contributed by atoms with Gasteiger partial charge < -0.3 is 10.1 Å². The molecule has 0 aliphatic heterocycles. The molecular formula is C20H23NO3S. The van der Waals surface area contributed by atoms with Crippen LogP contribution in [0.15, 0.2) is 41.8 Å². The number of ether oxygens (including phenoxy) is 1. The Balaban J connectivity index is 2.14. The first kappa shape index (κ1) is 18.9. The van der Waals surface area contributed by atoms with Crippen molar-refractivity contribution in [1.82, 2.24) is 5.32 Å². The smallest absolute Gasteiger partial charge is 0.340 e. The Kier molecular flexibility index (Phi) is 6.95. The Labute approximate surface area is 152 Å². The third kappa shape index (κ3) is 5.87. The topological polar surface area (TPSA) is 55.4 Å². The maximum Gasteiger partial charge on any atom is 0.340 e. The minimum absolute atomic E-state index is 0.0609. The summed E-state index contributed by atoms with van der Waals surface area (Å²) < 4.78 is 5.23. The Morgan fingerprint density at radius 2 is 2.08 bits per heavy atom. The molecule has 2 rings (SSSR count). The van der Waals surface area contributed by atoms with Gasteiger partial charge in [-0.15, -0.1) is 11.3 Å². The van der Waals surface area contributed by atoms with E-state index in [4.69, 9.17) is 4.74 Å². The van der Waals surface area contributed by atoms with Gasteiger partial charge in [0.05, 0.1) is 5.57 Å². The van der Waals surface area contributed by atoms with E-state index < -0.39 is 5.97 Å². The fourth-order valence-corrected chi connectivity index (χ4v) is 2.95. The molecule has 1 heterocycles. The molecule has 0 radical (unpaired) electrons. The van der Waals surface area contributed by atoms with Gasteiger partial charge in [-0.1, -0.05) is 42.8 Å². The molecule has 25 heavy (non-hydrogen) atoms. The van der Waals surface area contributed by atoms with Gasteiger partial charge in [0, 0.05) is 10.9 Å². The van der Waals surface area contributed by atoms with Gasteiger partial charge in [0.1, 0.15) is 0 Å². The summed E-state index contributed by atoms with van der Waals surface area (Å²) in [5, 5.41) is 4.69. The standard InChI is InChI=1S/C20H23NO3S/c1-4-15(3)21-19(22)13-24-20(23)17(18-9-6-10-25-18)12-16-8-5-7-14(2)11-16/h5-12,15H,4,13H2,1-3H3,(H,21,22)/b17-12+/t15-/m0/s1. The van der Waals surface area contributed by atoms with Crippen LogP contribution in [0.25, 0.3) is 11.6 Å². The molecule has 0 saturated carbocycles. The molecule has 2 aromatic rings. The van der Waals surface area contributed by atoms with E-state index in [1.807, 2.05) is 62.5 Å². The first-order valence-corrected chi connectivity index (χ1v) is 9.16. The van der Waals surface area contributed by atoms with Gasteiger partial charge in [-0.25, -0.2) is 4.79 Å². The molecule has 0 aliphatic carbocycles. The molecule has 0 bridgehead atoms. The number of esters is 1. The largest absolute Gasteiger partial charge is 0.452 e. The second-order valence-electron chi connectivity index (χ2n) is 5.90. The van der Waals surface area contributed by atoms with Crippen molar-refractivity contribution < 1.29 is 14.3 Å². The number of hydrogen-bond acceptors (Lipinski definition) is 4. The maximum absolute atomic E-state index is 12.5. The quantitative estimate of drug-likeness (QED) is 0.601. The molecule has 0 fully saturated rings. The molecule has 0 saturated heterocycles. The van der Waals surface area contributed by atoms with E-state index in [2.05, 4.69) is 5.32 Å². The zero-order valence-corrected chi connectivity index (χ0v) is 15.6. The van der Waals surface area contributed by atoms with E-state index in [-0.39, 0.29) is 18.6 Å². The van der Waals surface area contributed by atoms with E-state index in [1.165, 1.54) is 11.3 Å².